The second-order valence-electron chi connectivity index (χ2n) is 9.73. The van der Waals surface area contributed by atoms with E-state index in [1.165, 1.54) is 51.4 Å². The molecule has 8 heteroatoms. The zero-order chi connectivity index (χ0) is 25.7. The van der Waals surface area contributed by atoms with Crippen molar-refractivity contribution in [2.75, 3.05) is 22.9 Å². The highest BCUT2D eigenvalue weighted by Gasteiger charge is 2.44. The summed E-state index contributed by atoms with van der Waals surface area (Å²) in [6.45, 7) is 5.86. The van der Waals surface area contributed by atoms with Crippen LogP contribution in [0, 0.1) is 0 Å². The van der Waals surface area contributed by atoms with Crippen molar-refractivity contribution in [3.8, 4) is 0 Å². The van der Waals surface area contributed by atoms with E-state index in [-0.39, 0.29) is 11.8 Å². The summed E-state index contributed by atoms with van der Waals surface area (Å²) in [6, 6.07) is 4.09. The van der Waals surface area contributed by atoms with E-state index >= 15 is 0 Å². The molecule has 196 valence electrons. The van der Waals surface area contributed by atoms with Crippen LogP contribution in [0.1, 0.15) is 101 Å². The molecule has 2 amide bonds. The van der Waals surface area contributed by atoms with E-state index in [0.29, 0.717) is 24.2 Å². The van der Waals surface area contributed by atoms with Crippen molar-refractivity contribution in [2.45, 2.75) is 90.9 Å². The Morgan fingerprint density at radius 2 is 0.972 bits per heavy atom. The topological polar surface area (TPSA) is 40.6 Å². The predicted octanol–water partition coefficient (Wildman–Crippen LogP) is 9.66. The molecule has 4 rings (SSSR count). The first-order chi connectivity index (χ1) is 17.5. The maximum Gasteiger partial charge on any atom is 0.260 e. The van der Waals surface area contributed by atoms with Gasteiger partial charge in [-0.15, -0.1) is 22.7 Å². The van der Waals surface area contributed by atoms with Gasteiger partial charge in [0.05, 0.1) is 39.8 Å². The number of carbonyl (C=O) groups excluding carboxylic acids is 2. The van der Waals surface area contributed by atoms with E-state index in [1.807, 2.05) is 21.9 Å². The fraction of sp³-hybridized carbons (Fsp3) is 0.571. The molecule has 2 aliphatic heterocycles. The predicted molar refractivity (Wildman–Crippen MR) is 162 cm³/mol. The average Bonchev–Trinajstić information content (AvgIpc) is 3.54. The maximum atomic E-state index is 13.8. The van der Waals surface area contributed by atoms with Crippen LogP contribution in [-0.2, 0) is 9.59 Å². The Hall–Kier alpha value is -0.960. The number of anilines is 2. The first kappa shape index (κ1) is 28.1. The Labute approximate surface area is 240 Å². The molecule has 4 heterocycles. The number of hydrogen-bond donors (Lipinski definition) is 0. The number of carbonyl (C=O) groups is 2. The van der Waals surface area contributed by atoms with Crippen LogP contribution in [0.15, 0.2) is 19.7 Å². The molecule has 0 radical (unpaired) electrons. The minimum Gasteiger partial charge on any atom is -0.307 e. The monoisotopic (exact) mass is 654 g/mol. The molecule has 2 aliphatic rings. The number of amides is 2. The van der Waals surface area contributed by atoms with E-state index in [1.54, 1.807) is 22.7 Å². The number of nitrogens with zero attached hydrogens (tertiary/aromatic N) is 2. The van der Waals surface area contributed by atoms with Gasteiger partial charge in [-0.1, -0.05) is 78.1 Å². The normalized spacial score (nSPS) is 17.0. The van der Waals surface area contributed by atoms with Crippen LogP contribution in [-0.4, -0.2) is 24.9 Å². The van der Waals surface area contributed by atoms with Crippen LogP contribution in [0.2, 0.25) is 0 Å². The van der Waals surface area contributed by atoms with Crippen LogP contribution in [0.3, 0.4) is 0 Å². The van der Waals surface area contributed by atoms with Gasteiger partial charge in [-0.25, -0.2) is 0 Å². The lowest BCUT2D eigenvalue weighted by Crippen LogP contribution is -2.30. The molecule has 2 aromatic heterocycles. The Balaban J connectivity index is 1.56. The largest absolute Gasteiger partial charge is 0.307 e. The first-order valence-corrected chi connectivity index (χ1v) is 16.7. The van der Waals surface area contributed by atoms with E-state index in [9.17, 15) is 9.59 Å². The van der Waals surface area contributed by atoms with Crippen molar-refractivity contribution in [2.24, 2.45) is 0 Å². The zero-order valence-electron chi connectivity index (χ0n) is 21.3. The molecule has 0 unspecified atom stereocenters. The molecule has 0 fully saturated rings. The number of thiophene rings is 2. The van der Waals surface area contributed by atoms with E-state index in [4.69, 9.17) is 0 Å². The van der Waals surface area contributed by atoms with Crippen molar-refractivity contribution in [3.05, 3.63) is 29.5 Å². The maximum absolute atomic E-state index is 13.8. The molecule has 2 aromatic rings. The lowest BCUT2D eigenvalue weighted by molar-refractivity contribution is -0.114. The summed E-state index contributed by atoms with van der Waals surface area (Å²) in [7, 11) is 0. The Morgan fingerprint density at radius 1 is 0.611 bits per heavy atom. The molecule has 0 saturated carbocycles. The van der Waals surface area contributed by atoms with Gasteiger partial charge in [-0.05, 0) is 56.8 Å². The van der Waals surface area contributed by atoms with Gasteiger partial charge in [-0.2, -0.15) is 0 Å². The molecule has 36 heavy (non-hydrogen) atoms. The fourth-order valence-corrected chi connectivity index (χ4v) is 8.40. The quantitative estimate of drug-likeness (QED) is 0.150. The molecular formula is C28H36Br2N2O2S2. The standard InChI is InChI=1S/C28H36Br2N2O2S2/c1-3-5-7-9-11-13-15-31-19-17-21(29)35-25(19)23(27(31)33)24-26-20(18-22(30)36-26)32(28(24)34)16-14-12-10-8-6-4-2/h17-18H,3-16H2,1-2H3/b24-23+. The highest BCUT2D eigenvalue weighted by atomic mass is 79.9. The molecule has 0 spiro atoms. The third kappa shape index (κ3) is 6.02. The zero-order valence-corrected chi connectivity index (χ0v) is 26.1. The summed E-state index contributed by atoms with van der Waals surface area (Å²) in [5, 5.41) is 0. The number of halogens is 2. The molecule has 0 saturated heterocycles. The van der Waals surface area contributed by atoms with Gasteiger partial charge in [0.25, 0.3) is 11.8 Å². The summed E-state index contributed by atoms with van der Waals surface area (Å²) in [6.07, 6.45) is 14.2. The van der Waals surface area contributed by atoms with Crippen LogP contribution in [0.25, 0.3) is 11.1 Å². The Bertz CT molecular complexity index is 1030. The smallest absolute Gasteiger partial charge is 0.260 e. The number of unbranched alkanes of at least 4 members (excludes halogenated alkanes) is 10. The Kier molecular flexibility index (Phi) is 10.3. The van der Waals surface area contributed by atoms with Crippen molar-refractivity contribution in [1.82, 2.24) is 0 Å². The second kappa shape index (κ2) is 13.2. The summed E-state index contributed by atoms with van der Waals surface area (Å²) < 4.78 is 1.99. The van der Waals surface area contributed by atoms with E-state index < -0.39 is 0 Å². The van der Waals surface area contributed by atoms with Gasteiger partial charge in [0.1, 0.15) is 0 Å². The lowest BCUT2D eigenvalue weighted by Gasteiger charge is -2.17. The Morgan fingerprint density at radius 3 is 1.36 bits per heavy atom. The van der Waals surface area contributed by atoms with Gasteiger partial charge in [-0.3, -0.25) is 9.59 Å². The molecule has 0 atom stereocenters. The minimum atomic E-state index is -0.0162. The molecule has 4 nitrogen and oxygen atoms in total. The van der Waals surface area contributed by atoms with E-state index in [2.05, 4.69) is 45.7 Å². The van der Waals surface area contributed by atoms with Gasteiger partial charge >= 0.3 is 0 Å². The van der Waals surface area contributed by atoms with Crippen LogP contribution in [0.4, 0.5) is 11.4 Å². The van der Waals surface area contributed by atoms with Crippen LogP contribution in [0.5, 0.6) is 0 Å². The van der Waals surface area contributed by atoms with E-state index in [0.717, 1.165) is 54.4 Å². The molecule has 0 aliphatic carbocycles. The van der Waals surface area contributed by atoms with Crippen LogP contribution >= 0.6 is 54.5 Å². The molecular weight excluding hydrogens is 620 g/mol. The van der Waals surface area contributed by atoms with Gasteiger partial charge in [0, 0.05) is 13.1 Å². The minimum absolute atomic E-state index is 0.0162. The molecule has 0 bridgehead atoms. The summed E-state index contributed by atoms with van der Waals surface area (Å²) in [5.41, 5.74) is 3.09. The summed E-state index contributed by atoms with van der Waals surface area (Å²) in [5.74, 6) is -0.0323. The first-order valence-electron chi connectivity index (χ1n) is 13.4. The highest BCUT2D eigenvalue weighted by Crippen LogP contribution is 2.53. The van der Waals surface area contributed by atoms with Gasteiger partial charge < -0.3 is 9.80 Å². The number of hydrogen-bond acceptors (Lipinski definition) is 4. The highest BCUT2D eigenvalue weighted by molar-refractivity contribution is 9.11. The lowest BCUT2D eigenvalue weighted by atomic mass is 10.1. The SMILES string of the molecule is CCCCCCCCN1C(=O)/C(=C2/C(=O)N(CCCCCCCC)c3cc(Br)sc32)c2sc(Br)cc21. The summed E-state index contributed by atoms with van der Waals surface area (Å²) >= 11 is 10.4. The summed E-state index contributed by atoms with van der Waals surface area (Å²) in [4.78, 5) is 33.3. The van der Waals surface area contributed by atoms with Crippen molar-refractivity contribution < 1.29 is 9.59 Å². The average molecular weight is 657 g/mol. The van der Waals surface area contributed by atoms with Gasteiger partial charge in [0.2, 0.25) is 0 Å². The molecule has 0 aromatic carbocycles. The van der Waals surface area contributed by atoms with Crippen molar-refractivity contribution in [1.29, 1.82) is 0 Å². The van der Waals surface area contributed by atoms with Crippen molar-refractivity contribution >= 4 is 88.9 Å². The third-order valence-corrected chi connectivity index (χ3v) is 10.3. The van der Waals surface area contributed by atoms with Crippen LogP contribution < -0.4 is 9.80 Å². The third-order valence-electron chi connectivity index (χ3n) is 7.04. The second-order valence-corrected chi connectivity index (χ2v) is 14.6. The fourth-order valence-electron chi connectivity index (χ4n) is 5.13. The van der Waals surface area contributed by atoms with Crippen molar-refractivity contribution in [3.63, 3.8) is 0 Å². The van der Waals surface area contributed by atoms with Gasteiger partial charge in [0.15, 0.2) is 0 Å². The molecule has 0 N–H and O–H groups in total. The number of rotatable bonds is 14. The number of fused-ring (bicyclic) bond motifs is 2.